The van der Waals surface area contributed by atoms with Crippen LogP contribution < -0.4 is 0 Å². The van der Waals surface area contributed by atoms with Gasteiger partial charge in [-0.3, -0.25) is 9.36 Å². The molecule has 0 unspecified atom stereocenters. The molecule has 4 aromatic rings. The number of rotatable bonds is 5. The van der Waals surface area contributed by atoms with Crippen LogP contribution in [0.2, 0.25) is 10.0 Å². The van der Waals surface area contributed by atoms with Gasteiger partial charge in [-0.25, -0.2) is 0 Å². The van der Waals surface area contributed by atoms with Crippen molar-refractivity contribution in [2.45, 2.75) is 13.0 Å². The third-order valence-electron chi connectivity index (χ3n) is 4.70. The summed E-state index contributed by atoms with van der Waals surface area (Å²) in [5.74, 6) is -0.897. The molecule has 28 heavy (non-hydrogen) atoms. The number of aliphatic carboxylic acids is 1. The Hall–Kier alpha value is -2.89. The standard InChI is InChI=1S/C21H16Cl2N2O3/c22-16-7-3-8-17(23)20(16)25-18-9-2-1-6-14(18)15(21(25)28)11-13-5-4-10-24(13)12-19(26)27/h1-10,28H,11-12H2,(H,26,27). The first-order chi connectivity index (χ1) is 13.5. The van der Waals surface area contributed by atoms with Gasteiger partial charge in [0.15, 0.2) is 0 Å². The molecule has 0 spiro atoms. The highest BCUT2D eigenvalue weighted by Crippen LogP contribution is 2.40. The topological polar surface area (TPSA) is 67.4 Å². The number of carbonyl (C=O) groups is 1. The summed E-state index contributed by atoms with van der Waals surface area (Å²) in [4.78, 5) is 11.1. The molecule has 0 aliphatic rings. The minimum absolute atomic E-state index is 0.0271. The van der Waals surface area contributed by atoms with Gasteiger partial charge in [-0.2, -0.15) is 0 Å². The summed E-state index contributed by atoms with van der Waals surface area (Å²) in [7, 11) is 0. The van der Waals surface area contributed by atoms with Crippen molar-refractivity contribution in [2.75, 3.05) is 0 Å². The first-order valence-corrected chi connectivity index (χ1v) is 9.34. The molecule has 0 aliphatic carbocycles. The summed E-state index contributed by atoms with van der Waals surface area (Å²) >= 11 is 12.8. The van der Waals surface area contributed by atoms with E-state index in [0.717, 1.165) is 16.6 Å². The minimum atomic E-state index is -0.924. The summed E-state index contributed by atoms with van der Waals surface area (Å²) in [6.45, 7) is -0.141. The third-order valence-corrected chi connectivity index (χ3v) is 5.31. The highest BCUT2D eigenvalue weighted by molar-refractivity contribution is 6.38. The summed E-state index contributed by atoms with van der Waals surface area (Å²) in [6, 6.07) is 16.4. The molecule has 142 valence electrons. The summed E-state index contributed by atoms with van der Waals surface area (Å²) < 4.78 is 3.29. The van der Waals surface area contributed by atoms with E-state index < -0.39 is 5.97 Å². The molecule has 2 heterocycles. The average molecular weight is 415 g/mol. The van der Waals surface area contributed by atoms with Crippen LogP contribution in [0.1, 0.15) is 11.3 Å². The smallest absolute Gasteiger partial charge is 0.323 e. The molecule has 2 N–H and O–H groups in total. The number of carboxylic acid groups (broad SMARTS) is 1. The lowest BCUT2D eigenvalue weighted by Gasteiger charge is -2.12. The van der Waals surface area contributed by atoms with Crippen LogP contribution in [0.4, 0.5) is 0 Å². The largest absolute Gasteiger partial charge is 0.494 e. The van der Waals surface area contributed by atoms with E-state index in [1.807, 2.05) is 30.3 Å². The zero-order valence-electron chi connectivity index (χ0n) is 14.6. The Morgan fingerprint density at radius 1 is 0.964 bits per heavy atom. The molecule has 0 amide bonds. The zero-order chi connectivity index (χ0) is 19.8. The second kappa shape index (κ2) is 7.26. The maximum Gasteiger partial charge on any atom is 0.323 e. The van der Waals surface area contributed by atoms with Crippen LogP contribution in [0, 0.1) is 0 Å². The molecule has 4 rings (SSSR count). The number of hydrogen-bond donors (Lipinski definition) is 2. The van der Waals surface area contributed by atoms with Crippen LogP contribution in [-0.2, 0) is 17.8 Å². The molecule has 2 aromatic heterocycles. The van der Waals surface area contributed by atoms with E-state index in [9.17, 15) is 9.90 Å². The van der Waals surface area contributed by atoms with Gasteiger partial charge < -0.3 is 14.8 Å². The molecule has 0 aliphatic heterocycles. The van der Waals surface area contributed by atoms with Gasteiger partial charge >= 0.3 is 5.97 Å². The monoisotopic (exact) mass is 414 g/mol. The van der Waals surface area contributed by atoms with E-state index in [2.05, 4.69) is 0 Å². The van der Waals surface area contributed by atoms with Gasteiger partial charge in [-0.05, 0) is 30.3 Å². The fraction of sp³-hybridized carbons (Fsp3) is 0.0952. The van der Waals surface area contributed by atoms with Crippen molar-refractivity contribution in [2.24, 2.45) is 0 Å². The van der Waals surface area contributed by atoms with Crippen molar-refractivity contribution in [1.82, 2.24) is 9.13 Å². The van der Waals surface area contributed by atoms with Crippen LogP contribution in [0.5, 0.6) is 5.88 Å². The first-order valence-electron chi connectivity index (χ1n) is 8.59. The number of aromatic nitrogens is 2. The number of carboxylic acids is 1. The minimum Gasteiger partial charge on any atom is -0.494 e. The molecule has 0 atom stereocenters. The van der Waals surface area contributed by atoms with E-state index in [4.69, 9.17) is 28.3 Å². The lowest BCUT2D eigenvalue weighted by Crippen LogP contribution is -2.10. The van der Waals surface area contributed by atoms with Gasteiger partial charge in [-0.1, -0.05) is 47.5 Å². The van der Waals surface area contributed by atoms with Crippen molar-refractivity contribution >= 4 is 40.1 Å². The molecule has 0 fully saturated rings. The van der Waals surface area contributed by atoms with Gasteiger partial charge in [0, 0.05) is 29.3 Å². The van der Waals surface area contributed by atoms with Crippen molar-refractivity contribution < 1.29 is 15.0 Å². The lowest BCUT2D eigenvalue weighted by molar-refractivity contribution is -0.137. The highest BCUT2D eigenvalue weighted by Gasteiger charge is 2.22. The van der Waals surface area contributed by atoms with Gasteiger partial charge in [0.25, 0.3) is 0 Å². The second-order valence-corrected chi connectivity index (χ2v) is 7.24. The number of nitrogens with zero attached hydrogens (tertiary/aromatic N) is 2. The third kappa shape index (κ3) is 3.13. The van der Waals surface area contributed by atoms with Crippen LogP contribution in [0.25, 0.3) is 16.6 Å². The molecule has 2 aromatic carbocycles. The highest BCUT2D eigenvalue weighted by atomic mass is 35.5. The fourth-order valence-corrected chi connectivity index (χ4v) is 4.05. The Labute approximate surface area is 171 Å². The predicted octanol–water partition coefficient (Wildman–Crippen LogP) is 5.12. The number of fused-ring (bicyclic) bond motifs is 1. The number of halogens is 2. The van der Waals surface area contributed by atoms with E-state index in [1.54, 1.807) is 39.6 Å². The first kappa shape index (κ1) is 18.5. The Bertz CT molecular complexity index is 1170. The summed E-state index contributed by atoms with van der Waals surface area (Å²) in [5, 5.41) is 21.9. The average Bonchev–Trinajstić information content (AvgIpc) is 3.19. The van der Waals surface area contributed by atoms with Crippen molar-refractivity contribution in [1.29, 1.82) is 0 Å². The zero-order valence-corrected chi connectivity index (χ0v) is 16.2. The molecule has 7 heteroatoms. The number of benzene rings is 2. The quantitative estimate of drug-likeness (QED) is 0.476. The number of para-hydroxylation sites is 2. The summed E-state index contributed by atoms with van der Waals surface area (Å²) in [5.41, 5.74) is 2.73. The van der Waals surface area contributed by atoms with E-state index in [1.165, 1.54) is 0 Å². The summed E-state index contributed by atoms with van der Waals surface area (Å²) in [6.07, 6.45) is 2.08. The van der Waals surface area contributed by atoms with Gasteiger partial charge in [0.05, 0.1) is 21.2 Å². The molecule has 0 saturated carbocycles. The Kier molecular flexibility index (Phi) is 4.79. The van der Waals surface area contributed by atoms with E-state index in [-0.39, 0.29) is 12.4 Å². The Balaban J connectivity index is 1.91. The van der Waals surface area contributed by atoms with Crippen molar-refractivity contribution in [3.05, 3.63) is 82.1 Å². The molecule has 0 saturated heterocycles. The maximum atomic E-state index is 11.1. The number of hydrogen-bond acceptors (Lipinski definition) is 2. The van der Waals surface area contributed by atoms with Crippen molar-refractivity contribution in [3.8, 4) is 11.6 Å². The molecular formula is C21H16Cl2N2O3. The maximum absolute atomic E-state index is 11.1. The number of aromatic hydroxyl groups is 1. The lowest BCUT2D eigenvalue weighted by atomic mass is 10.1. The van der Waals surface area contributed by atoms with E-state index >= 15 is 0 Å². The Morgan fingerprint density at radius 2 is 1.68 bits per heavy atom. The second-order valence-electron chi connectivity index (χ2n) is 6.42. The SMILES string of the molecule is O=C(O)Cn1cccc1Cc1c(O)n(-c2c(Cl)cccc2Cl)c2ccccc12. The van der Waals surface area contributed by atoms with Gasteiger partial charge in [0.2, 0.25) is 5.88 Å². The fourth-order valence-electron chi connectivity index (χ4n) is 3.49. The molecule has 5 nitrogen and oxygen atoms in total. The Morgan fingerprint density at radius 3 is 2.39 bits per heavy atom. The van der Waals surface area contributed by atoms with Crippen molar-refractivity contribution in [3.63, 3.8) is 0 Å². The van der Waals surface area contributed by atoms with Gasteiger partial charge in [-0.15, -0.1) is 0 Å². The van der Waals surface area contributed by atoms with Crippen LogP contribution in [0.3, 0.4) is 0 Å². The normalized spacial score (nSPS) is 11.2. The van der Waals surface area contributed by atoms with Crippen LogP contribution >= 0.6 is 23.2 Å². The predicted molar refractivity (Wildman–Crippen MR) is 110 cm³/mol. The molecule has 0 radical (unpaired) electrons. The van der Waals surface area contributed by atoms with E-state index in [0.29, 0.717) is 27.7 Å². The molecular weight excluding hydrogens is 399 g/mol. The van der Waals surface area contributed by atoms with Crippen LogP contribution in [0.15, 0.2) is 60.8 Å². The molecule has 0 bridgehead atoms. The van der Waals surface area contributed by atoms with Crippen LogP contribution in [-0.4, -0.2) is 25.3 Å². The van der Waals surface area contributed by atoms with Gasteiger partial charge in [0.1, 0.15) is 6.54 Å².